The Bertz CT molecular complexity index is 360. The first-order valence-corrected chi connectivity index (χ1v) is 8.39. The number of rotatable bonds is 3. The molecule has 0 atom stereocenters. The summed E-state index contributed by atoms with van der Waals surface area (Å²) in [5, 5.41) is -2.28. The van der Waals surface area contributed by atoms with E-state index in [4.69, 9.17) is 0 Å². The molecule has 2 rings (SSSR count). The van der Waals surface area contributed by atoms with Gasteiger partial charge in [-0.3, -0.25) is 9.59 Å². The normalized spacial score (nSPS) is 19.7. The molecule has 4 nitrogen and oxygen atoms in total. The molecule has 2 fully saturated rings. The van der Waals surface area contributed by atoms with Crippen LogP contribution >= 0.6 is 23.2 Å². The molecule has 21 heavy (non-hydrogen) atoms. The molecule has 0 aromatic rings. The van der Waals surface area contributed by atoms with Crippen LogP contribution in [0.1, 0.15) is 64.2 Å². The van der Waals surface area contributed by atoms with E-state index in [-0.39, 0.29) is 0 Å². The predicted octanol–water partition coefficient (Wildman–Crippen LogP) is 4.34. The van der Waals surface area contributed by atoms with Gasteiger partial charge in [0.25, 0.3) is 0 Å². The van der Waals surface area contributed by atoms with Crippen LogP contribution in [-0.2, 0) is 9.59 Å². The largest absolute Gasteiger partial charge is 0.304 e. The van der Waals surface area contributed by atoms with Crippen molar-refractivity contribution in [2.45, 2.75) is 76.3 Å². The molecule has 0 spiro atoms. The molecule has 0 aromatic carbocycles. The van der Waals surface area contributed by atoms with Gasteiger partial charge in [-0.25, -0.2) is 9.98 Å². The molecule has 2 aliphatic carbocycles. The summed E-state index contributed by atoms with van der Waals surface area (Å²) in [6, 6.07) is 4.04. The molecule has 0 bridgehead atoms. The van der Waals surface area contributed by atoms with Crippen LogP contribution < -0.4 is 0 Å². The number of hydrogen-bond donors (Lipinski definition) is 0. The zero-order valence-corrected chi connectivity index (χ0v) is 13.7. The van der Waals surface area contributed by atoms with Crippen LogP contribution in [0.5, 0.6) is 0 Å². The predicted molar refractivity (Wildman–Crippen MR) is 85.3 cm³/mol. The fourth-order valence-electron chi connectivity index (χ4n) is 2.62. The fourth-order valence-corrected chi connectivity index (χ4v) is 2.62. The van der Waals surface area contributed by atoms with Crippen LogP contribution in [0.25, 0.3) is 0 Å². The monoisotopic (exact) mass is 332 g/mol. The summed E-state index contributed by atoms with van der Waals surface area (Å²) in [6.45, 7) is 0. The minimum Gasteiger partial charge on any atom is -0.271 e. The zero-order valence-electron chi connectivity index (χ0n) is 12.2. The second-order valence-electron chi connectivity index (χ2n) is 5.49. The van der Waals surface area contributed by atoms with Crippen molar-refractivity contribution in [3.63, 3.8) is 0 Å². The van der Waals surface area contributed by atoms with E-state index in [9.17, 15) is 9.59 Å². The second kappa shape index (κ2) is 10.9. The molecule has 0 N–H and O–H groups in total. The third kappa shape index (κ3) is 9.02. The van der Waals surface area contributed by atoms with E-state index < -0.39 is 10.5 Å². The van der Waals surface area contributed by atoms with Gasteiger partial charge in [0.1, 0.15) is 0 Å². The Balaban J connectivity index is 0.000000315. The molecule has 0 unspecified atom stereocenters. The fraction of sp³-hybridized carbons (Fsp3) is 0.800. The lowest BCUT2D eigenvalue weighted by molar-refractivity contribution is -0.127. The summed E-state index contributed by atoms with van der Waals surface area (Å²) in [5.74, 6) is 0. The Labute approximate surface area is 136 Å². The van der Waals surface area contributed by atoms with Gasteiger partial charge in [0, 0.05) is 0 Å². The molecule has 118 valence electrons. The van der Waals surface area contributed by atoms with Gasteiger partial charge in [-0.15, -0.1) is 0 Å². The molecule has 0 radical (unpaired) electrons. The maximum Gasteiger partial charge on any atom is 0.304 e. The molecule has 6 heteroatoms. The van der Waals surface area contributed by atoms with Crippen LogP contribution in [0.2, 0.25) is 0 Å². The Morgan fingerprint density at radius 1 is 0.714 bits per heavy atom. The lowest BCUT2D eigenvalue weighted by Gasteiger charge is -2.17. The Morgan fingerprint density at radius 3 is 1.33 bits per heavy atom. The molecule has 0 heterocycles. The topological polar surface area (TPSA) is 58.9 Å². The van der Waals surface area contributed by atoms with E-state index in [1.165, 1.54) is 64.2 Å². The highest BCUT2D eigenvalue weighted by Crippen LogP contribution is 2.21. The molecule has 0 aliphatic heterocycles. The molecule has 0 amide bonds. The number of hydrogen-bond acceptors (Lipinski definition) is 4. The Kier molecular flexibility index (Phi) is 9.56. The molecule has 0 aromatic heterocycles. The number of halogens is 2. The van der Waals surface area contributed by atoms with E-state index >= 15 is 0 Å². The Morgan fingerprint density at radius 2 is 1.05 bits per heavy atom. The molecule has 0 saturated heterocycles. The van der Waals surface area contributed by atoms with Crippen molar-refractivity contribution in [1.29, 1.82) is 0 Å². The summed E-state index contributed by atoms with van der Waals surface area (Å²) in [6.07, 6.45) is 13.2. The first-order valence-electron chi connectivity index (χ1n) is 7.63. The zero-order chi connectivity index (χ0) is 15.5. The van der Waals surface area contributed by atoms with Gasteiger partial charge in [-0.05, 0) is 48.9 Å². The van der Waals surface area contributed by atoms with Crippen molar-refractivity contribution in [2.75, 3.05) is 0 Å². The maximum absolute atomic E-state index is 9.43. The van der Waals surface area contributed by atoms with Crippen molar-refractivity contribution in [3.8, 4) is 0 Å². The third-order valence-corrected chi connectivity index (χ3v) is 4.22. The second-order valence-corrected chi connectivity index (χ2v) is 6.18. The van der Waals surface area contributed by atoms with Gasteiger partial charge in [0.2, 0.25) is 0 Å². The smallest absolute Gasteiger partial charge is 0.271 e. The van der Waals surface area contributed by atoms with Crippen molar-refractivity contribution in [1.82, 2.24) is 0 Å². The molecule has 2 saturated carbocycles. The summed E-state index contributed by atoms with van der Waals surface area (Å²) in [5.41, 5.74) is 0. The van der Waals surface area contributed by atoms with E-state index in [2.05, 4.69) is 39.2 Å². The van der Waals surface area contributed by atoms with E-state index in [1.807, 2.05) is 0 Å². The molecule has 2 aliphatic rings. The number of aliphatic imine (C=N–C) groups is 2. The lowest BCUT2D eigenvalue weighted by atomic mass is 9.96. The summed E-state index contributed by atoms with van der Waals surface area (Å²) >= 11 is 8.98. The average Bonchev–Trinajstić information content (AvgIpc) is 2.50. The maximum atomic E-state index is 9.43. The summed E-state index contributed by atoms with van der Waals surface area (Å²) in [7, 11) is 0. The van der Waals surface area contributed by atoms with Gasteiger partial charge in [0.15, 0.2) is 0 Å². The van der Waals surface area contributed by atoms with Crippen molar-refractivity contribution in [2.24, 2.45) is 9.98 Å². The minimum atomic E-state index is -1.14. The van der Waals surface area contributed by atoms with Crippen molar-refractivity contribution < 1.29 is 9.59 Å². The first kappa shape index (κ1) is 18.3. The SMILES string of the molecule is C(=NC1CCCCC1)=NC1CCCCC1.O=C(Cl)C(=O)Cl. The van der Waals surface area contributed by atoms with Crippen LogP contribution in [0, 0.1) is 0 Å². The quantitative estimate of drug-likeness (QED) is 0.438. The van der Waals surface area contributed by atoms with Gasteiger partial charge in [-0.1, -0.05) is 38.5 Å². The minimum absolute atomic E-state index is 0.533. The molecular weight excluding hydrogens is 311 g/mol. The Hall–Kier alpha value is -0.700. The van der Waals surface area contributed by atoms with Crippen molar-refractivity contribution in [3.05, 3.63) is 0 Å². The van der Waals surface area contributed by atoms with Crippen LogP contribution in [0.3, 0.4) is 0 Å². The van der Waals surface area contributed by atoms with E-state index in [0.717, 1.165) is 0 Å². The lowest BCUT2D eigenvalue weighted by Crippen LogP contribution is -2.10. The van der Waals surface area contributed by atoms with Crippen molar-refractivity contribution >= 4 is 39.7 Å². The van der Waals surface area contributed by atoms with Gasteiger partial charge in [-0.2, -0.15) is 0 Å². The van der Waals surface area contributed by atoms with E-state index in [1.54, 1.807) is 0 Å². The van der Waals surface area contributed by atoms with Gasteiger partial charge >= 0.3 is 10.5 Å². The highest BCUT2D eigenvalue weighted by molar-refractivity contribution is 6.97. The van der Waals surface area contributed by atoms with Crippen LogP contribution in [-0.4, -0.2) is 28.6 Å². The first-order chi connectivity index (χ1) is 10.1. The van der Waals surface area contributed by atoms with Gasteiger partial charge < -0.3 is 0 Å². The van der Waals surface area contributed by atoms with Crippen LogP contribution in [0.4, 0.5) is 0 Å². The summed E-state index contributed by atoms with van der Waals surface area (Å²) < 4.78 is 0. The molecular formula is C15H22Cl2N2O2. The number of nitrogens with zero attached hydrogens (tertiary/aromatic N) is 2. The van der Waals surface area contributed by atoms with Crippen LogP contribution in [0.15, 0.2) is 9.98 Å². The third-order valence-electron chi connectivity index (χ3n) is 3.78. The highest BCUT2D eigenvalue weighted by atomic mass is 35.5. The average molecular weight is 333 g/mol. The standard InChI is InChI=1S/C13H22N2.C2Cl2O2/c1-3-7-12(8-4-1)14-11-15-13-9-5-2-6-10-13;3-1(5)2(4)6/h12-13H,1-10H2;. The van der Waals surface area contributed by atoms with E-state index in [0.29, 0.717) is 12.1 Å². The number of carbonyl (C=O) groups excluding carboxylic acids is 2. The number of carbonyl (C=O) groups is 2. The van der Waals surface area contributed by atoms with Gasteiger partial charge in [0.05, 0.1) is 18.1 Å². The highest BCUT2D eigenvalue weighted by Gasteiger charge is 2.12. The summed E-state index contributed by atoms with van der Waals surface area (Å²) in [4.78, 5) is 27.8.